The highest BCUT2D eigenvalue weighted by molar-refractivity contribution is 5.84. The summed E-state index contributed by atoms with van der Waals surface area (Å²) < 4.78 is 0. The van der Waals surface area contributed by atoms with Crippen LogP contribution in [0.15, 0.2) is 4.99 Å². The Kier molecular flexibility index (Phi) is 3.75. The van der Waals surface area contributed by atoms with Gasteiger partial charge in [-0.2, -0.15) is 0 Å². The van der Waals surface area contributed by atoms with Crippen LogP contribution in [0.2, 0.25) is 0 Å². The van der Waals surface area contributed by atoms with Crippen LogP contribution in [0.4, 0.5) is 0 Å². The van der Waals surface area contributed by atoms with E-state index >= 15 is 0 Å². The Morgan fingerprint density at radius 2 is 2.00 bits per heavy atom. The van der Waals surface area contributed by atoms with Crippen molar-refractivity contribution in [3.63, 3.8) is 0 Å². The van der Waals surface area contributed by atoms with Crippen molar-refractivity contribution >= 4 is 18.0 Å². The minimum atomic E-state index is -1.09. The number of rotatable bonds is 3. The number of nitrogens with zero attached hydrogens (tertiary/aromatic N) is 1. The molecule has 0 aliphatic carbocycles. The van der Waals surface area contributed by atoms with Crippen LogP contribution in [0.5, 0.6) is 0 Å². The number of carboxylic acid groups (broad SMARTS) is 1. The summed E-state index contributed by atoms with van der Waals surface area (Å²) in [4.78, 5) is 32.2. The summed E-state index contributed by atoms with van der Waals surface area (Å²) in [6, 6.07) is 0. The van der Waals surface area contributed by atoms with Gasteiger partial charge in [0.2, 0.25) is 6.08 Å². The first kappa shape index (κ1) is 8.52. The number of aliphatic imine (C=N–C) groups is 1. The van der Waals surface area contributed by atoms with Crippen molar-refractivity contribution in [2.75, 3.05) is 0 Å². The molecule has 0 bridgehead atoms. The highest BCUT2D eigenvalue weighted by atomic mass is 16.4. The fraction of sp³-hybridized carbons (Fsp3) is 0.400. The molecule has 0 rings (SSSR count). The number of hydrogen-bond acceptors (Lipinski definition) is 3. The van der Waals surface area contributed by atoms with Crippen molar-refractivity contribution in [2.45, 2.75) is 12.8 Å². The van der Waals surface area contributed by atoms with Crippen molar-refractivity contribution in [1.29, 1.82) is 0 Å². The van der Waals surface area contributed by atoms with Crippen LogP contribution in [0.3, 0.4) is 0 Å². The highest BCUT2D eigenvalue weighted by Crippen LogP contribution is 1.90. The Morgan fingerprint density at radius 1 is 1.40 bits per heavy atom. The molecule has 0 saturated heterocycles. The number of hydrogen-bond donors (Lipinski definition) is 1. The lowest BCUT2D eigenvalue weighted by atomic mass is 10.3. The number of carbonyl (C=O) groups is 2. The maximum Gasteiger partial charge on any atom is 0.303 e. The third kappa shape index (κ3) is 4.67. The normalized spacial score (nSPS) is 8.00. The SMILES string of the molecule is O=C=NC(=O)CCC(=O)O. The van der Waals surface area contributed by atoms with Crippen LogP contribution in [0.25, 0.3) is 0 Å². The van der Waals surface area contributed by atoms with E-state index in [4.69, 9.17) is 5.11 Å². The van der Waals surface area contributed by atoms with E-state index in [-0.39, 0.29) is 12.8 Å². The molecule has 10 heavy (non-hydrogen) atoms. The first-order chi connectivity index (χ1) is 4.66. The Bertz CT molecular complexity index is 192. The molecule has 1 N–H and O–H groups in total. The summed E-state index contributed by atoms with van der Waals surface area (Å²) in [7, 11) is 0. The molecule has 0 spiro atoms. The lowest BCUT2D eigenvalue weighted by Gasteiger charge is -1.85. The summed E-state index contributed by atoms with van der Waals surface area (Å²) in [5.74, 6) is -1.84. The molecule has 1 amide bonds. The van der Waals surface area contributed by atoms with Crippen molar-refractivity contribution in [2.24, 2.45) is 4.99 Å². The largest absolute Gasteiger partial charge is 0.481 e. The summed E-state index contributed by atoms with van der Waals surface area (Å²) in [5.41, 5.74) is 0. The second-order valence-electron chi connectivity index (χ2n) is 1.49. The topological polar surface area (TPSA) is 83.8 Å². The lowest BCUT2D eigenvalue weighted by molar-refractivity contribution is -0.138. The van der Waals surface area contributed by atoms with Gasteiger partial charge in [0.05, 0.1) is 6.42 Å². The number of carboxylic acids is 1. The molecule has 5 heteroatoms. The summed E-state index contributed by atoms with van der Waals surface area (Å²) >= 11 is 0. The first-order valence-corrected chi connectivity index (χ1v) is 2.49. The van der Waals surface area contributed by atoms with Gasteiger partial charge in [0.25, 0.3) is 5.91 Å². The molecule has 54 valence electrons. The fourth-order valence-electron chi connectivity index (χ4n) is 0.321. The summed E-state index contributed by atoms with van der Waals surface area (Å²) in [6.07, 6.45) is 0.477. The molecule has 0 aromatic carbocycles. The molecule has 0 heterocycles. The maximum atomic E-state index is 10.3. The van der Waals surface area contributed by atoms with Crippen molar-refractivity contribution in [3.05, 3.63) is 0 Å². The molecule has 0 aromatic heterocycles. The van der Waals surface area contributed by atoms with E-state index in [1.807, 2.05) is 0 Å². The predicted molar refractivity (Wildman–Crippen MR) is 30.0 cm³/mol. The van der Waals surface area contributed by atoms with E-state index in [2.05, 4.69) is 4.99 Å². The molecule has 0 atom stereocenters. The van der Waals surface area contributed by atoms with Gasteiger partial charge in [0.15, 0.2) is 0 Å². The van der Waals surface area contributed by atoms with Crippen LogP contribution in [-0.4, -0.2) is 23.1 Å². The van der Waals surface area contributed by atoms with E-state index in [0.717, 1.165) is 6.08 Å². The third-order valence-corrected chi connectivity index (χ3v) is 0.723. The number of aliphatic carboxylic acids is 1. The van der Waals surface area contributed by atoms with Gasteiger partial charge in [0.1, 0.15) is 0 Å². The van der Waals surface area contributed by atoms with Gasteiger partial charge >= 0.3 is 5.97 Å². The highest BCUT2D eigenvalue weighted by Gasteiger charge is 2.02. The van der Waals surface area contributed by atoms with Gasteiger partial charge in [0, 0.05) is 6.42 Å². The number of amides is 1. The van der Waals surface area contributed by atoms with E-state index in [0.29, 0.717) is 0 Å². The van der Waals surface area contributed by atoms with Crippen LogP contribution in [-0.2, 0) is 14.4 Å². The van der Waals surface area contributed by atoms with E-state index < -0.39 is 11.9 Å². The number of carbonyl (C=O) groups excluding carboxylic acids is 2. The molecule has 0 aliphatic rings. The van der Waals surface area contributed by atoms with Crippen LogP contribution >= 0.6 is 0 Å². The monoisotopic (exact) mass is 143 g/mol. The zero-order chi connectivity index (χ0) is 7.98. The third-order valence-electron chi connectivity index (χ3n) is 0.723. The molecular formula is C5H5NO4. The lowest BCUT2D eigenvalue weighted by Crippen LogP contribution is -1.99. The quantitative estimate of drug-likeness (QED) is 0.434. The van der Waals surface area contributed by atoms with E-state index in [1.165, 1.54) is 0 Å². The van der Waals surface area contributed by atoms with Gasteiger partial charge in [-0.05, 0) is 0 Å². The summed E-state index contributed by atoms with van der Waals surface area (Å²) in [5, 5.41) is 8.04. The van der Waals surface area contributed by atoms with E-state index in [1.54, 1.807) is 0 Å². The zero-order valence-corrected chi connectivity index (χ0v) is 5.03. The second-order valence-corrected chi connectivity index (χ2v) is 1.49. The molecular weight excluding hydrogens is 138 g/mol. The molecule has 0 fully saturated rings. The van der Waals surface area contributed by atoms with Gasteiger partial charge in [-0.1, -0.05) is 0 Å². The van der Waals surface area contributed by atoms with E-state index in [9.17, 15) is 14.4 Å². The zero-order valence-electron chi connectivity index (χ0n) is 5.03. The second kappa shape index (κ2) is 4.40. The van der Waals surface area contributed by atoms with Gasteiger partial charge in [-0.3, -0.25) is 9.59 Å². The van der Waals surface area contributed by atoms with Crippen LogP contribution < -0.4 is 0 Å². The molecule has 0 aromatic rings. The van der Waals surface area contributed by atoms with Gasteiger partial charge < -0.3 is 5.11 Å². The van der Waals surface area contributed by atoms with Crippen LogP contribution in [0.1, 0.15) is 12.8 Å². The van der Waals surface area contributed by atoms with Crippen molar-refractivity contribution < 1.29 is 19.5 Å². The Labute approximate surface area is 56.4 Å². The Hall–Kier alpha value is -1.48. The van der Waals surface area contributed by atoms with Crippen molar-refractivity contribution in [3.8, 4) is 0 Å². The standard InChI is InChI=1S/C5H5NO4/c7-3-6-4(8)1-2-5(9)10/h1-2H2,(H,9,10). The molecule has 0 aliphatic heterocycles. The number of isocyanates is 1. The average Bonchev–Trinajstić information content (AvgIpc) is 1.85. The van der Waals surface area contributed by atoms with Crippen molar-refractivity contribution in [1.82, 2.24) is 0 Å². The minimum Gasteiger partial charge on any atom is -0.481 e. The summed E-state index contributed by atoms with van der Waals surface area (Å²) in [6.45, 7) is 0. The molecule has 0 saturated carbocycles. The smallest absolute Gasteiger partial charge is 0.303 e. The molecule has 0 radical (unpaired) electrons. The molecule has 5 nitrogen and oxygen atoms in total. The Morgan fingerprint density at radius 3 is 2.40 bits per heavy atom. The predicted octanol–water partition coefficient (Wildman–Crippen LogP) is -0.286. The van der Waals surface area contributed by atoms with Crippen LogP contribution in [0, 0.1) is 0 Å². The van der Waals surface area contributed by atoms with Gasteiger partial charge in [-0.15, -0.1) is 4.99 Å². The Balaban J connectivity index is 3.60. The minimum absolute atomic E-state index is 0.245. The maximum absolute atomic E-state index is 10.3. The fourth-order valence-corrected chi connectivity index (χ4v) is 0.321. The molecule has 0 unspecified atom stereocenters. The first-order valence-electron chi connectivity index (χ1n) is 2.49. The average molecular weight is 143 g/mol. The van der Waals surface area contributed by atoms with Gasteiger partial charge in [-0.25, -0.2) is 4.79 Å².